The highest BCUT2D eigenvalue weighted by Crippen LogP contribution is 2.29. The molecule has 98 valence electrons. The van der Waals surface area contributed by atoms with Gasteiger partial charge in [-0.05, 0) is 32.6 Å². The molecule has 2 atom stereocenters. The van der Waals surface area contributed by atoms with Crippen LogP contribution in [0.2, 0.25) is 0 Å². The van der Waals surface area contributed by atoms with E-state index in [1.807, 2.05) is 6.92 Å². The third-order valence-corrected chi connectivity index (χ3v) is 3.10. The van der Waals surface area contributed by atoms with E-state index in [0.29, 0.717) is 25.8 Å². The SMILES string of the molecule is CC[C@@H](C(N)=O)N1CC(CC(C)(C)F)CC1=O. The van der Waals surface area contributed by atoms with Gasteiger partial charge in [0.1, 0.15) is 11.7 Å². The maximum Gasteiger partial charge on any atom is 0.240 e. The van der Waals surface area contributed by atoms with E-state index in [9.17, 15) is 14.0 Å². The molecule has 0 aromatic heterocycles. The van der Waals surface area contributed by atoms with Crippen LogP contribution in [-0.4, -0.2) is 35.0 Å². The first-order chi connectivity index (χ1) is 7.74. The topological polar surface area (TPSA) is 63.4 Å². The van der Waals surface area contributed by atoms with Crippen molar-refractivity contribution in [1.29, 1.82) is 0 Å². The smallest absolute Gasteiger partial charge is 0.240 e. The summed E-state index contributed by atoms with van der Waals surface area (Å²) in [6.45, 7) is 5.26. The molecule has 1 aliphatic rings. The number of nitrogens with zero attached hydrogens (tertiary/aromatic N) is 1. The summed E-state index contributed by atoms with van der Waals surface area (Å²) in [4.78, 5) is 24.5. The maximum atomic E-state index is 13.5. The fourth-order valence-corrected chi connectivity index (χ4v) is 2.51. The molecule has 2 amide bonds. The molecule has 17 heavy (non-hydrogen) atoms. The fourth-order valence-electron chi connectivity index (χ4n) is 2.51. The molecule has 0 aromatic carbocycles. The van der Waals surface area contributed by atoms with Gasteiger partial charge in [-0.25, -0.2) is 4.39 Å². The van der Waals surface area contributed by atoms with Gasteiger partial charge in [0.25, 0.3) is 0 Å². The Morgan fingerprint density at radius 1 is 1.65 bits per heavy atom. The molecule has 0 bridgehead atoms. The average molecular weight is 244 g/mol. The van der Waals surface area contributed by atoms with Gasteiger partial charge in [-0.15, -0.1) is 0 Å². The van der Waals surface area contributed by atoms with Crippen molar-refractivity contribution in [2.24, 2.45) is 11.7 Å². The van der Waals surface area contributed by atoms with Crippen LogP contribution in [0.15, 0.2) is 0 Å². The molecule has 4 nitrogen and oxygen atoms in total. The Labute approximate surface area is 101 Å². The molecular formula is C12H21FN2O2. The summed E-state index contributed by atoms with van der Waals surface area (Å²) in [5, 5.41) is 0. The van der Waals surface area contributed by atoms with Crippen LogP contribution >= 0.6 is 0 Å². The highest BCUT2D eigenvalue weighted by molar-refractivity contribution is 5.87. The standard InChI is InChI=1S/C12H21FN2O2/c1-4-9(11(14)17)15-7-8(5-10(15)16)6-12(2,3)13/h8-9H,4-7H2,1-3H3,(H2,14,17)/t8?,9-/m0/s1. The second-order valence-corrected chi connectivity index (χ2v) is 5.37. The number of hydrogen-bond donors (Lipinski definition) is 1. The van der Waals surface area contributed by atoms with Crippen molar-refractivity contribution in [3.05, 3.63) is 0 Å². The number of amides is 2. The van der Waals surface area contributed by atoms with E-state index >= 15 is 0 Å². The summed E-state index contributed by atoms with van der Waals surface area (Å²) in [5.41, 5.74) is 3.97. The van der Waals surface area contributed by atoms with Crippen molar-refractivity contribution in [2.75, 3.05) is 6.54 Å². The van der Waals surface area contributed by atoms with E-state index in [-0.39, 0.29) is 11.8 Å². The fraction of sp³-hybridized carbons (Fsp3) is 0.833. The first-order valence-electron chi connectivity index (χ1n) is 6.02. The zero-order valence-electron chi connectivity index (χ0n) is 10.7. The maximum absolute atomic E-state index is 13.5. The zero-order valence-corrected chi connectivity index (χ0v) is 10.7. The van der Waals surface area contributed by atoms with Crippen molar-refractivity contribution in [1.82, 2.24) is 4.90 Å². The molecular weight excluding hydrogens is 223 g/mol. The Morgan fingerprint density at radius 3 is 2.65 bits per heavy atom. The van der Waals surface area contributed by atoms with Gasteiger partial charge in [0.15, 0.2) is 0 Å². The molecule has 1 aliphatic heterocycles. The van der Waals surface area contributed by atoms with E-state index in [1.54, 1.807) is 0 Å². The number of alkyl halides is 1. The Hall–Kier alpha value is -1.13. The molecule has 0 spiro atoms. The first-order valence-corrected chi connectivity index (χ1v) is 6.02. The zero-order chi connectivity index (χ0) is 13.2. The number of likely N-dealkylation sites (tertiary alicyclic amines) is 1. The average Bonchev–Trinajstić information content (AvgIpc) is 2.44. The van der Waals surface area contributed by atoms with Crippen molar-refractivity contribution < 1.29 is 14.0 Å². The summed E-state index contributed by atoms with van der Waals surface area (Å²) in [6, 6.07) is -0.546. The number of rotatable bonds is 5. The van der Waals surface area contributed by atoms with Gasteiger partial charge in [0, 0.05) is 13.0 Å². The molecule has 1 rings (SSSR count). The van der Waals surface area contributed by atoms with E-state index < -0.39 is 17.6 Å². The van der Waals surface area contributed by atoms with Crippen LogP contribution in [0.5, 0.6) is 0 Å². The van der Waals surface area contributed by atoms with Gasteiger partial charge in [-0.2, -0.15) is 0 Å². The van der Waals surface area contributed by atoms with Gasteiger partial charge in [-0.1, -0.05) is 6.92 Å². The lowest BCUT2D eigenvalue weighted by atomic mass is 9.94. The van der Waals surface area contributed by atoms with Gasteiger partial charge >= 0.3 is 0 Å². The lowest BCUT2D eigenvalue weighted by Gasteiger charge is -2.25. The molecule has 2 N–H and O–H groups in total. The molecule has 1 saturated heterocycles. The summed E-state index contributed by atoms with van der Waals surface area (Å²) in [7, 11) is 0. The molecule has 5 heteroatoms. The van der Waals surface area contributed by atoms with Gasteiger partial charge < -0.3 is 10.6 Å². The van der Waals surface area contributed by atoms with E-state index in [2.05, 4.69) is 0 Å². The molecule has 0 aromatic rings. The minimum absolute atomic E-state index is 0.0177. The van der Waals surface area contributed by atoms with Crippen LogP contribution in [0, 0.1) is 5.92 Å². The van der Waals surface area contributed by atoms with Crippen molar-refractivity contribution in [3.63, 3.8) is 0 Å². The highest BCUT2D eigenvalue weighted by atomic mass is 19.1. The lowest BCUT2D eigenvalue weighted by molar-refractivity contribution is -0.136. The molecule has 0 radical (unpaired) electrons. The quantitative estimate of drug-likeness (QED) is 0.790. The lowest BCUT2D eigenvalue weighted by Crippen LogP contribution is -2.45. The summed E-state index contributed by atoms with van der Waals surface area (Å²) in [6.07, 6.45) is 1.16. The minimum Gasteiger partial charge on any atom is -0.368 e. The van der Waals surface area contributed by atoms with Gasteiger partial charge in [0.2, 0.25) is 11.8 Å². The molecule has 0 saturated carbocycles. The number of primary amides is 1. The molecule has 1 unspecified atom stereocenters. The molecule has 1 fully saturated rings. The Balaban J connectivity index is 2.67. The Bertz CT molecular complexity index is 312. The molecule has 0 aliphatic carbocycles. The van der Waals surface area contributed by atoms with Crippen LogP contribution < -0.4 is 5.73 Å². The first kappa shape index (κ1) is 13.9. The number of carbonyl (C=O) groups excluding carboxylic acids is 2. The van der Waals surface area contributed by atoms with Gasteiger partial charge in [-0.3, -0.25) is 9.59 Å². The predicted octanol–water partition coefficient (Wildman–Crippen LogP) is 1.24. The number of carbonyl (C=O) groups is 2. The van der Waals surface area contributed by atoms with Crippen molar-refractivity contribution >= 4 is 11.8 Å². The largest absolute Gasteiger partial charge is 0.368 e. The summed E-state index contributed by atoms with van der Waals surface area (Å²) < 4.78 is 13.5. The van der Waals surface area contributed by atoms with E-state index in [0.717, 1.165) is 0 Å². The second-order valence-electron chi connectivity index (χ2n) is 5.37. The van der Waals surface area contributed by atoms with Crippen molar-refractivity contribution in [3.8, 4) is 0 Å². The Kier molecular flexibility index (Phi) is 4.11. The van der Waals surface area contributed by atoms with Crippen LogP contribution in [0.1, 0.15) is 40.0 Å². The third kappa shape index (κ3) is 3.68. The third-order valence-electron chi connectivity index (χ3n) is 3.10. The van der Waals surface area contributed by atoms with Crippen molar-refractivity contribution in [2.45, 2.75) is 51.7 Å². The van der Waals surface area contributed by atoms with Crippen LogP contribution in [0.25, 0.3) is 0 Å². The minimum atomic E-state index is -1.28. The number of halogens is 1. The van der Waals surface area contributed by atoms with Crippen LogP contribution in [0.3, 0.4) is 0 Å². The normalized spacial score (nSPS) is 22.9. The second kappa shape index (κ2) is 5.02. The van der Waals surface area contributed by atoms with Gasteiger partial charge in [0.05, 0.1) is 0 Å². The summed E-state index contributed by atoms with van der Waals surface area (Å²) in [5.74, 6) is -0.596. The number of nitrogens with two attached hydrogens (primary N) is 1. The molecule has 1 heterocycles. The van der Waals surface area contributed by atoms with E-state index in [1.165, 1.54) is 18.7 Å². The monoisotopic (exact) mass is 244 g/mol. The van der Waals surface area contributed by atoms with E-state index in [4.69, 9.17) is 5.73 Å². The summed E-state index contributed by atoms with van der Waals surface area (Å²) >= 11 is 0. The highest BCUT2D eigenvalue weighted by Gasteiger charge is 2.38. The number of hydrogen-bond acceptors (Lipinski definition) is 2. The van der Waals surface area contributed by atoms with Crippen LogP contribution in [0.4, 0.5) is 4.39 Å². The van der Waals surface area contributed by atoms with Crippen LogP contribution in [-0.2, 0) is 9.59 Å². The Morgan fingerprint density at radius 2 is 2.24 bits per heavy atom. The predicted molar refractivity (Wildman–Crippen MR) is 62.9 cm³/mol.